The summed E-state index contributed by atoms with van der Waals surface area (Å²) in [6.07, 6.45) is 0. The lowest BCUT2D eigenvalue weighted by Crippen LogP contribution is -2.17. The van der Waals surface area contributed by atoms with E-state index in [1.54, 1.807) is 31.3 Å². The van der Waals surface area contributed by atoms with E-state index in [1.165, 1.54) is 7.11 Å². The third-order valence-electron chi connectivity index (χ3n) is 2.86. The van der Waals surface area contributed by atoms with E-state index in [-0.39, 0.29) is 11.8 Å². The van der Waals surface area contributed by atoms with Crippen LogP contribution < -0.4 is 5.32 Å². The maximum atomic E-state index is 11.4. The van der Waals surface area contributed by atoms with Crippen LogP contribution in [0.3, 0.4) is 0 Å². The molecule has 0 bridgehead atoms. The van der Waals surface area contributed by atoms with E-state index in [9.17, 15) is 4.79 Å². The van der Waals surface area contributed by atoms with Crippen LogP contribution >= 0.6 is 23.2 Å². The van der Waals surface area contributed by atoms with Gasteiger partial charge in [0.05, 0.1) is 23.2 Å². The lowest BCUT2D eigenvalue weighted by molar-refractivity contribution is 0.0562. The summed E-state index contributed by atoms with van der Waals surface area (Å²) in [5.41, 5.74) is 0.882. The highest BCUT2D eigenvalue weighted by atomic mass is 35.5. The van der Waals surface area contributed by atoms with E-state index in [4.69, 9.17) is 27.6 Å². The molecule has 1 heterocycles. The lowest BCUT2D eigenvalue weighted by atomic mass is 10.1. The molecule has 0 fully saturated rings. The van der Waals surface area contributed by atoms with Gasteiger partial charge in [-0.05, 0) is 36.9 Å². The fourth-order valence-corrected chi connectivity index (χ4v) is 2.19. The van der Waals surface area contributed by atoms with Crippen LogP contribution in [0.4, 0.5) is 0 Å². The van der Waals surface area contributed by atoms with Crippen LogP contribution in [0.2, 0.25) is 10.0 Å². The van der Waals surface area contributed by atoms with E-state index in [2.05, 4.69) is 10.1 Å². The summed E-state index contributed by atoms with van der Waals surface area (Å²) in [7, 11) is 3.09. The minimum absolute atomic E-state index is 0.155. The third-order valence-corrected chi connectivity index (χ3v) is 3.60. The number of furan rings is 1. The first-order valence-corrected chi connectivity index (χ1v) is 6.62. The summed E-state index contributed by atoms with van der Waals surface area (Å²) < 4.78 is 10.1. The number of rotatable bonds is 4. The smallest absolute Gasteiger partial charge is 0.373 e. The van der Waals surface area contributed by atoms with Crippen molar-refractivity contribution in [3.63, 3.8) is 0 Å². The SMILES string of the molecule is CNC(c1ccc(Cl)c(Cl)c1)c1ccc(C(=O)OC)o1. The van der Waals surface area contributed by atoms with Gasteiger partial charge in [0, 0.05) is 0 Å². The van der Waals surface area contributed by atoms with Gasteiger partial charge in [-0.25, -0.2) is 4.79 Å². The van der Waals surface area contributed by atoms with Crippen molar-refractivity contribution >= 4 is 29.2 Å². The number of hydrogen-bond acceptors (Lipinski definition) is 4. The second kappa shape index (κ2) is 6.31. The normalized spacial score (nSPS) is 12.2. The summed E-state index contributed by atoms with van der Waals surface area (Å²) >= 11 is 11.9. The van der Waals surface area contributed by atoms with Gasteiger partial charge in [0.25, 0.3) is 0 Å². The molecule has 0 aliphatic rings. The molecule has 1 unspecified atom stereocenters. The Morgan fingerprint density at radius 2 is 2.00 bits per heavy atom. The number of benzene rings is 1. The number of ether oxygens (including phenoxy) is 1. The maximum absolute atomic E-state index is 11.4. The molecular formula is C14H13Cl2NO3. The average molecular weight is 314 g/mol. The molecule has 106 valence electrons. The Balaban J connectivity index is 2.34. The van der Waals surface area contributed by atoms with Crippen molar-refractivity contribution < 1.29 is 13.9 Å². The van der Waals surface area contributed by atoms with Crippen LogP contribution in [0.1, 0.15) is 27.9 Å². The molecule has 6 heteroatoms. The maximum Gasteiger partial charge on any atom is 0.373 e. The number of nitrogens with one attached hydrogen (secondary N) is 1. The van der Waals surface area contributed by atoms with Crippen LogP contribution in [-0.2, 0) is 4.74 Å². The number of halogens is 2. The Hall–Kier alpha value is -1.49. The van der Waals surface area contributed by atoms with E-state index >= 15 is 0 Å². The van der Waals surface area contributed by atoms with Crippen LogP contribution in [0, 0.1) is 0 Å². The summed E-state index contributed by atoms with van der Waals surface area (Å²) in [5, 5.41) is 4.05. The molecule has 0 amide bonds. The fraction of sp³-hybridized carbons (Fsp3) is 0.214. The van der Waals surface area contributed by atoms with Gasteiger partial charge in [-0.1, -0.05) is 29.3 Å². The Labute approximate surface area is 126 Å². The first kappa shape index (κ1) is 14.9. The number of methoxy groups -OCH3 is 1. The van der Waals surface area contributed by atoms with Crippen molar-refractivity contribution in [3.8, 4) is 0 Å². The second-order valence-electron chi connectivity index (χ2n) is 4.09. The van der Waals surface area contributed by atoms with Gasteiger partial charge in [-0.15, -0.1) is 0 Å². The molecule has 0 radical (unpaired) electrons. The molecular weight excluding hydrogens is 301 g/mol. The Kier molecular flexibility index (Phi) is 4.70. The number of esters is 1. The Bertz CT molecular complexity index is 625. The zero-order valence-electron chi connectivity index (χ0n) is 10.9. The summed E-state index contributed by atoms with van der Waals surface area (Å²) in [6, 6.07) is 8.37. The molecule has 0 spiro atoms. The minimum Gasteiger partial charge on any atom is -0.463 e. The molecule has 1 N–H and O–H groups in total. The van der Waals surface area contributed by atoms with Gasteiger partial charge in [0.2, 0.25) is 5.76 Å². The van der Waals surface area contributed by atoms with E-state index < -0.39 is 5.97 Å². The zero-order chi connectivity index (χ0) is 14.7. The first-order chi connectivity index (χ1) is 9.56. The topological polar surface area (TPSA) is 51.5 Å². The molecule has 0 aliphatic heterocycles. The number of carbonyl (C=O) groups excluding carboxylic acids is 1. The predicted octanol–water partition coefficient (Wildman–Crippen LogP) is 3.68. The standard InChI is InChI=1S/C14H13Cl2NO3/c1-17-13(8-3-4-9(15)10(16)7-8)11-5-6-12(20-11)14(18)19-2/h3-7,13,17H,1-2H3. The molecule has 1 aromatic heterocycles. The highest BCUT2D eigenvalue weighted by Crippen LogP contribution is 2.29. The molecule has 20 heavy (non-hydrogen) atoms. The van der Waals surface area contributed by atoms with Gasteiger partial charge in [0.15, 0.2) is 0 Å². The third kappa shape index (κ3) is 2.98. The van der Waals surface area contributed by atoms with E-state index in [0.29, 0.717) is 15.8 Å². The summed E-state index contributed by atoms with van der Waals surface area (Å²) in [4.78, 5) is 11.4. The molecule has 4 nitrogen and oxygen atoms in total. The second-order valence-corrected chi connectivity index (χ2v) is 4.90. The molecule has 2 rings (SSSR count). The van der Waals surface area contributed by atoms with Crippen molar-refractivity contribution in [1.29, 1.82) is 0 Å². The van der Waals surface area contributed by atoms with Crippen molar-refractivity contribution in [3.05, 3.63) is 57.5 Å². The van der Waals surface area contributed by atoms with Gasteiger partial charge in [0.1, 0.15) is 5.76 Å². The molecule has 1 aromatic carbocycles. The number of hydrogen-bond donors (Lipinski definition) is 1. The largest absolute Gasteiger partial charge is 0.463 e. The highest BCUT2D eigenvalue weighted by molar-refractivity contribution is 6.42. The molecule has 0 aliphatic carbocycles. The first-order valence-electron chi connectivity index (χ1n) is 5.87. The monoisotopic (exact) mass is 313 g/mol. The molecule has 0 saturated carbocycles. The van der Waals surface area contributed by atoms with Crippen molar-refractivity contribution in [2.75, 3.05) is 14.2 Å². The van der Waals surface area contributed by atoms with Gasteiger partial charge >= 0.3 is 5.97 Å². The van der Waals surface area contributed by atoms with Gasteiger partial charge in [-0.3, -0.25) is 0 Å². The van der Waals surface area contributed by atoms with Crippen molar-refractivity contribution in [2.45, 2.75) is 6.04 Å². The minimum atomic E-state index is -0.514. The average Bonchev–Trinajstić information content (AvgIpc) is 2.92. The van der Waals surface area contributed by atoms with Gasteiger partial charge in [-0.2, -0.15) is 0 Å². The molecule has 2 aromatic rings. The lowest BCUT2D eigenvalue weighted by Gasteiger charge is -2.14. The fourth-order valence-electron chi connectivity index (χ4n) is 1.88. The zero-order valence-corrected chi connectivity index (χ0v) is 12.5. The molecule has 0 saturated heterocycles. The van der Waals surface area contributed by atoms with Crippen LogP contribution in [0.25, 0.3) is 0 Å². The number of carbonyl (C=O) groups is 1. The van der Waals surface area contributed by atoms with Crippen LogP contribution in [-0.4, -0.2) is 20.1 Å². The van der Waals surface area contributed by atoms with Crippen molar-refractivity contribution in [1.82, 2.24) is 5.32 Å². The quantitative estimate of drug-likeness (QED) is 0.875. The van der Waals surface area contributed by atoms with Crippen LogP contribution in [0.15, 0.2) is 34.7 Å². The Morgan fingerprint density at radius 3 is 2.60 bits per heavy atom. The predicted molar refractivity (Wildman–Crippen MR) is 77.4 cm³/mol. The van der Waals surface area contributed by atoms with E-state index in [1.807, 2.05) is 6.07 Å². The summed E-state index contributed by atoms with van der Waals surface area (Å²) in [5.74, 6) is 0.231. The molecule has 1 atom stereocenters. The van der Waals surface area contributed by atoms with Gasteiger partial charge < -0.3 is 14.5 Å². The van der Waals surface area contributed by atoms with Crippen LogP contribution in [0.5, 0.6) is 0 Å². The summed E-state index contributed by atoms with van der Waals surface area (Å²) in [6.45, 7) is 0. The van der Waals surface area contributed by atoms with E-state index in [0.717, 1.165) is 5.56 Å². The van der Waals surface area contributed by atoms with Crippen molar-refractivity contribution in [2.24, 2.45) is 0 Å². The highest BCUT2D eigenvalue weighted by Gasteiger charge is 2.19. The Morgan fingerprint density at radius 1 is 1.25 bits per heavy atom.